The third-order valence-corrected chi connectivity index (χ3v) is 2.20. The maximum atomic E-state index is 9.00. The molecule has 0 heterocycles. The van der Waals surface area contributed by atoms with Gasteiger partial charge in [-0.2, -0.15) is 0 Å². The average Bonchev–Trinajstić information content (AvgIpc) is 1.89. The lowest BCUT2D eigenvalue weighted by Gasteiger charge is -2.14. The fourth-order valence-corrected chi connectivity index (χ4v) is 1.31. The van der Waals surface area contributed by atoms with Crippen molar-refractivity contribution in [2.75, 3.05) is 0 Å². The molecular formula is C8H17ClO. The molecule has 0 saturated carbocycles. The fourth-order valence-electron chi connectivity index (χ4n) is 1.00. The highest BCUT2D eigenvalue weighted by Gasteiger charge is 2.12. The summed E-state index contributed by atoms with van der Waals surface area (Å²) in [4.78, 5) is 0. The van der Waals surface area contributed by atoms with Crippen LogP contribution in [0.1, 0.15) is 39.5 Å². The third kappa shape index (κ3) is 4.13. The highest BCUT2D eigenvalue weighted by atomic mass is 35.5. The van der Waals surface area contributed by atoms with Crippen molar-refractivity contribution in [3.8, 4) is 0 Å². The lowest BCUT2D eigenvalue weighted by Crippen LogP contribution is -2.12. The highest BCUT2D eigenvalue weighted by Crippen LogP contribution is 2.18. The first-order chi connectivity index (χ1) is 4.72. The van der Waals surface area contributed by atoms with Crippen LogP contribution in [0.3, 0.4) is 0 Å². The normalized spacial score (nSPS) is 16.8. The van der Waals surface area contributed by atoms with Crippen LogP contribution in [0.2, 0.25) is 0 Å². The van der Waals surface area contributed by atoms with E-state index in [9.17, 15) is 0 Å². The zero-order valence-corrected chi connectivity index (χ0v) is 7.56. The number of halogens is 1. The lowest BCUT2D eigenvalue weighted by molar-refractivity contribution is 0.172. The molecule has 0 amide bonds. The highest BCUT2D eigenvalue weighted by molar-refractivity contribution is 6.19. The first-order valence-electron chi connectivity index (χ1n) is 4.04. The Labute approximate surface area is 68.4 Å². The molecule has 0 aliphatic carbocycles. The summed E-state index contributed by atoms with van der Waals surface area (Å²) >= 11 is 5.54. The van der Waals surface area contributed by atoms with E-state index >= 15 is 0 Å². The predicted octanol–water partition coefficient (Wildman–Crippen LogP) is 2.76. The Morgan fingerprint density at radius 1 is 1.40 bits per heavy atom. The first kappa shape index (κ1) is 10.2. The van der Waals surface area contributed by atoms with Crippen LogP contribution >= 0.6 is 11.6 Å². The van der Waals surface area contributed by atoms with Gasteiger partial charge in [-0.1, -0.05) is 38.3 Å². The van der Waals surface area contributed by atoms with E-state index in [1.54, 1.807) is 0 Å². The Hall–Kier alpha value is 0.250. The summed E-state index contributed by atoms with van der Waals surface area (Å²) in [6.45, 7) is 4.21. The van der Waals surface area contributed by atoms with Gasteiger partial charge in [0.2, 0.25) is 0 Å². The van der Waals surface area contributed by atoms with Gasteiger partial charge in [-0.15, -0.1) is 0 Å². The minimum atomic E-state index is -0.642. The summed E-state index contributed by atoms with van der Waals surface area (Å²) in [5.74, 6) is 0.293. The van der Waals surface area contributed by atoms with Crippen molar-refractivity contribution >= 4 is 11.6 Å². The molecule has 0 aromatic carbocycles. The van der Waals surface area contributed by atoms with E-state index in [1.165, 1.54) is 12.8 Å². The van der Waals surface area contributed by atoms with Crippen LogP contribution < -0.4 is 0 Å². The van der Waals surface area contributed by atoms with Gasteiger partial charge in [0.25, 0.3) is 0 Å². The van der Waals surface area contributed by atoms with Crippen molar-refractivity contribution in [2.45, 2.75) is 45.1 Å². The van der Waals surface area contributed by atoms with Gasteiger partial charge in [-0.25, -0.2) is 0 Å². The molecule has 2 heteroatoms. The summed E-state index contributed by atoms with van der Waals surface area (Å²) in [6.07, 6.45) is 4.38. The van der Waals surface area contributed by atoms with Crippen LogP contribution in [0.25, 0.3) is 0 Å². The molecule has 0 aliphatic rings. The third-order valence-electron chi connectivity index (χ3n) is 1.84. The Morgan fingerprint density at radius 3 is 2.30 bits per heavy atom. The summed E-state index contributed by atoms with van der Waals surface area (Å²) in [6, 6.07) is 0. The second kappa shape index (κ2) is 5.99. The number of alkyl halides is 1. The summed E-state index contributed by atoms with van der Waals surface area (Å²) in [5.41, 5.74) is -0.642. The summed E-state index contributed by atoms with van der Waals surface area (Å²) < 4.78 is 0. The Bertz CT molecular complexity index is 73.7. The molecule has 0 aliphatic heterocycles. The van der Waals surface area contributed by atoms with E-state index in [0.29, 0.717) is 5.92 Å². The average molecular weight is 165 g/mol. The van der Waals surface area contributed by atoms with Gasteiger partial charge >= 0.3 is 0 Å². The van der Waals surface area contributed by atoms with Crippen LogP contribution in [0.4, 0.5) is 0 Å². The second-order valence-corrected chi connectivity index (χ2v) is 3.13. The summed E-state index contributed by atoms with van der Waals surface area (Å²) in [7, 11) is 0. The number of aliphatic hydroxyl groups excluding tert-OH is 1. The van der Waals surface area contributed by atoms with Gasteiger partial charge in [-0.05, 0) is 18.8 Å². The van der Waals surface area contributed by atoms with Gasteiger partial charge in [-0.3, -0.25) is 0 Å². The van der Waals surface area contributed by atoms with Crippen molar-refractivity contribution in [3.63, 3.8) is 0 Å². The minimum Gasteiger partial charge on any atom is -0.377 e. The minimum absolute atomic E-state index is 0.293. The number of aliphatic hydroxyl groups is 1. The maximum Gasteiger partial charge on any atom is 0.130 e. The van der Waals surface area contributed by atoms with Crippen molar-refractivity contribution in [1.82, 2.24) is 0 Å². The summed E-state index contributed by atoms with van der Waals surface area (Å²) in [5, 5.41) is 9.00. The van der Waals surface area contributed by atoms with Crippen molar-refractivity contribution < 1.29 is 5.11 Å². The zero-order valence-electron chi connectivity index (χ0n) is 6.81. The van der Waals surface area contributed by atoms with Gasteiger partial charge < -0.3 is 5.11 Å². The number of unbranched alkanes of at least 4 members (excludes halogenated alkanes) is 1. The van der Waals surface area contributed by atoms with E-state index < -0.39 is 5.56 Å². The molecule has 0 bridgehead atoms. The monoisotopic (exact) mass is 164 g/mol. The number of rotatable bonds is 5. The Morgan fingerprint density at radius 2 is 2.00 bits per heavy atom. The van der Waals surface area contributed by atoms with E-state index in [2.05, 4.69) is 13.8 Å². The molecule has 0 radical (unpaired) electrons. The molecule has 2 atom stereocenters. The van der Waals surface area contributed by atoms with E-state index in [4.69, 9.17) is 16.7 Å². The molecule has 0 rings (SSSR count). The number of hydrogen-bond donors (Lipinski definition) is 1. The molecule has 1 nitrogen and oxygen atoms in total. The standard InChI is InChI=1S/C8H17ClO/c1-3-5-6-7(4-2)8(9)10/h7-8,10H,3-6H2,1-2H3. The van der Waals surface area contributed by atoms with Gasteiger partial charge in [0, 0.05) is 0 Å². The van der Waals surface area contributed by atoms with Crippen LogP contribution in [-0.4, -0.2) is 10.7 Å². The molecule has 10 heavy (non-hydrogen) atoms. The van der Waals surface area contributed by atoms with Crippen LogP contribution in [0.15, 0.2) is 0 Å². The van der Waals surface area contributed by atoms with Crippen molar-refractivity contribution in [3.05, 3.63) is 0 Å². The van der Waals surface area contributed by atoms with E-state index in [0.717, 1.165) is 12.8 Å². The molecule has 1 N–H and O–H groups in total. The Kier molecular flexibility index (Phi) is 6.14. The lowest BCUT2D eigenvalue weighted by atomic mass is 10.0. The molecule has 0 aromatic heterocycles. The molecule has 0 fully saturated rings. The van der Waals surface area contributed by atoms with Gasteiger partial charge in [0.15, 0.2) is 0 Å². The van der Waals surface area contributed by atoms with Crippen molar-refractivity contribution in [2.24, 2.45) is 5.92 Å². The SMILES string of the molecule is CCCCC(CC)C(O)Cl. The van der Waals surface area contributed by atoms with Crippen LogP contribution in [-0.2, 0) is 0 Å². The Balaban J connectivity index is 3.40. The van der Waals surface area contributed by atoms with Gasteiger partial charge in [0.1, 0.15) is 5.56 Å². The quantitative estimate of drug-likeness (QED) is 0.620. The fraction of sp³-hybridized carbons (Fsp3) is 1.00. The number of hydrogen-bond acceptors (Lipinski definition) is 1. The first-order valence-corrected chi connectivity index (χ1v) is 4.48. The molecule has 0 spiro atoms. The maximum absolute atomic E-state index is 9.00. The van der Waals surface area contributed by atoms with E-state index in [-0.39, 0.29) is 0 Å². The van der Waals surface area contributed by atoms with Gasteiger partial charge in [0.05, 0.1) is 0 Å². The molecule has 62 valence electrons. The molecular weight excluding hydrogens is 148 g/mol. The molecule has 0 saturated heterocycles. The molecule has 0 aromatic rings. The topological polar surface area (TPSA) is 20.2 Å². The smallest absolute Gasteiger partial charge is 0.130 e. The predicted molar refractivity (Wildman–Crippen MR) is 45.2 cm³/mol. The van der Waals surface area contributed by atoms with Crippen LogP contribution in [0, 0.1) is 5.92 Å². The van der Waals surface area contributed by atoms with Crippen LogP contribution in [0.5, 0.6) is 0 Å². The van der Waals surface area contributed by atoms with Crippen molar-refractivity contribution in [1.29, 1.82) is 0 Å². The second-order valence-electron chi connectivity index (χ2n) is 2.68. The molecule has 2 unspecified atom stereocenters. The largest absolute Gasteiger partial charge is 0.377 e. The van der Waals surface area contributed by atoms with E-state index in [1.807, 2.05) is 0 Å². The zero-order chi connectivity index (χ0) is 7.98.